The van der Waals surface area contributed by atoms with E-state index in [9.17, 15) is 4.79 Å². The summed E-state index contributed by atoms with van der Waals surface area (Å²) in [4.78, 5) is 10.9. The van der Waals surface area contributed by atoms with Crippen LogP contribution < -0.4 is 10.1 Å². The normalized spacial score (nSPS) is 18.7. The molecule has 0 saturated carbocycles. The lowest BCUT2D eigenvalue weighted by Gasteiger charge is -2.11. The van der Waals surface area contributed by atoms with E-state index in [1.165, 1.54) is 0 Å². The lowest BCUT2D eigenvalue weighted by Crippen LogP contribution is -2.18. The van der Waals surface area contributed by atoms with Crippen molar-refractivity contribution in [1.29, 1.82) is 0 Å². The summed E-state index contributed by atoms with van der Waals surface area (Å²) in [6.07, 6.45) is -0.374. The van der Waals surface area contributed by atoms with Gasteiger partial charge >= 0.3 is 6.09 Å². The van der Waals surface area contributed by atoms with Crippen LogP contribution in [0.15, 0.2) is 24.3 Å². The number of methoxy groups -OCH3 is 1. The number of carbonyl (C=O) groups excluding carboxylic acids is 1. The van der Waals surface area contributed by atoms with Crippen LogP contribution in [0.2, 0.25) is 0 Å². The molecule has 0 aromatic heterocycles. The molecule has 0 radical (unpaired) electrons. The third-order valence-corrected chi connectivity index (χ3v) is 2.19. The van der Waals surface area contributed by atoms with Crippen molar-refractivity contribution in [1.82, 2.24) is 5.32 Å². The number of benzene rings is 1. The van der Waals surface area contributed by atoms with Crippen molar-refractivity contribution in [2.75, 3.05) is 13.7 Å². The molecule has 1 atom stereocenters. The van der Waals surface area contributed by atoms with Crippen LogP contribution in [0.1, 0.15) is 11.6 Å². The molecule has 1 amide bonds. The predicted molar refractivity (Wildman–Crippen MR) is 57.5 cm³/mol. The lowest BCUT2D eigenvalue weighted by atomic mass is 10.1. The summed E-state index contributed by atoms with van der Waals surface area (Å²) in [7, 11) is 1.61. The van der Waals surface area contributed by atoms with Gasteiger partial charge in [0.25, 0.3) is 0 Å². The molecular formula is C10H12ClNO3. The molecule has 1 aromatic rings. The van der Waals surface area contributed by atoms with Crippen LogP contribution >= 0.6 is 12.4 Å². The van der Waals surface area contributed by atoms with Crippen molar-refractivity contribution in [3.05, 3.63) is 29.8 Å². The van der Waals surface area contributed by atoms with Gasteiger partial charge in [-0.3, -0.25) is 0 Å². The van der Waals surface area contributed by atoms with Gasteiger partial charge in [0.2, 0.25) is 0 Å². The van der Waals surface area contributed by atoms with Crippen molar-refractivity contribution in [2.24, 2.45) is 0 Å². The van der Waals surface area contributed by atoms with Gasteiger partial charge in [-0.05, 0) is 6.07 Å². The van der Waals surface area contributed by atoms with Crippen LogP contribution in [0.25, 0.3) is 0 Å². The Morgan fingerprint density at radius 2 is 2.20 bits per heavy atom. The second kappa shape index (κ2) is 4.89. The number of alkyl carbamates (subject to hydrolysis) is 1. The fourth-order valence-corrected chi connectivity index (χ4v) is 1.51. The van der Waals surface area contributed by atoms with Gasteiger partial charge in [-0.15, -0.1) is 12.4 Å². The number of hydrogen-bond donors (Lipinski definition) is 1. The molecule has 4 nitrogen and oxygen atoms in total. The van der Waals surface area contributed by atoms with Gasteiger partial charge in [-0.2, -0.15) is 0 Å². The zero-order valence-corrected chi connectivity index (χ0v) is 9.04. The standard InChI is InChI=1S/C10H11NO3.ClH/c1-13-9-5-3-2-4-7(9)8-6-14-10(12)11-8;/h2-5,8H,6H2,1H3,(H,11,12);1H/t8-;/m0./s1. The van der Waals surface area contributed by atoms with Crippen LogP contribution in [0, 0.1) is 0 Å². The first-order valence-corrected chi connectivity index (χ1v) is 4.37. The topological polar surface area (TPSA) is 47.6 Å². The third kappa shape index (κ3) is 2.33. The zero-order chi connectivity index (χ0) is 9.97. The van der Waals surface area contributed by atoms with E-state index in [1.54, 1.807) is 7.11 Å². The van der Waals surface area contributed by atoms with E-state index in [2.05, 4.69) is 5.32 Å². The Morgan fingerprint density at radius 1 is 1.47 bits per heavy atom. The van der Waals surface area contributed by atoms with Crippen LogP contribution in [0.5, 0.6) is 5.75 Å². The fourth-order valence-electron chi connectivity index (χ4n) is 1.51. The Labute approximate surface area is 94.0 Å². The number of nitrogens with one attached hydrogen (secondary N) is 1. The van der Waals surface area contributed by atoms with Crippen molar-refractivity contribution < 1.29 is 14.3 Å². The molecule has 1 N–H and O–H groups in total. The predicted octanol–water partition coefficient (Wildman–Crippen LogP) is 1.90. The summed E-state index contributed by atoms with van der Waals surface area (Å²) < 4.78 is 10.00. The number of ether oxygens (including phenoxy) is 2. The maximum Gasteiger partial charge on any atom is 0.407 e. The number of halogens is 1. The summed E-state index contributed by atoms with van der Waals surface area (Å²) in [5, 5.41) is 2.70. The highest BCUT2D eigenvalue weighted by Crippen LogP contribution is 2.26. The van der Waals surface area contributed by atoms with Crippen molar-refractivity contribution >= 4 is 18.5 Å². The molecule has 1 fully saturated rings. The molecular weight excluding hydrogens is 218 g/mol. The Morgan fingerprint density at radius 3 is 2.80 bits per heavy atom. The Bertz CT molecular complexity index is 356. The highest BCUT2D eigenvalue weighted by Gasteiger charge is 2.25. The molecule has 1 aliphatic heterocycles. The van der Waals surface area contributed by atoms with E-state index in [0.717, 1.165) is 11.3 Å². The van der Waals surface area contributed by atoms with Crippen LogP contribution in [0.4, 0.5) is 4.79 Å². The smallest absolute Gasteiger partial charge is 0.407 e. The molecule has 82 valence electrons. The average molecular weight is 230 g/mol. The Hall–Kier alpha value is -1.42. The van der Waals surface area contributed by atoms with Gasteiger partial charge in [0.1, 0.15) is 12.4 Å². The molecule has 5 heteroatoms. The van der Waals surface area contributed by atoms with Crippen LogP contribution in [-0.2, 0) is 4.74 Å². The van der Waals surface area contributed by atoms with Gasteiger partial charge in [-0.25, -0.2) is 4.79 Å². The molecule has 1 saturated heterocycles. The van der Waals surface area contributed by atoms with Gasteiger partial charge in [0.15, 0.2) is 0 Å². The number of cyclic esters (lactones) is 1. The van der Waals surface area contributed by atoms with E-state index < -0.39 is 0 Å². The van der Waals surface area contributed by atoms with E-state index in [4.69, 9.17) is 9.47 Å². The molecule has 0 bridgehead atoms. The molecule has 2 rings (SSSR count). The third-order valence-electron chi connectivity index (χ3n) is 2.19. The van der Waals surface area contributed by atoms with Gasteiger partial charge in [-0.1, -0.05) is 18.2 Å². The van der Waals surface area contributed by atoms with E-state index in [0.29, 0.717) is 6.61 Å². The second-order valence-corrected chi connectivity index (χ2v) is 3.04. The summed E-state index contributed by atoms with van der Waals surface area (Å²) in [6, 6.07) is 7.47. The number of amides is 1. The summed E-state index contributed by atoms with van der Waals surface area (Å²) >= 11 is 0. The minimum Gasteiger partial charge on any atom is -0.496 e. The first-order chi connectivity index (χ1) is 6.81. The molecule has 1 aromatic carbocycles. The number of rotatable bonds is 2. The maximum atomic E-state index is 10.9. The Balaban J connectivity index is 0.00000112. The average Bonchev–Trinajstić information content (AvgIpc) is 2.65. The quantitative estimate of drug-likeness (QED) is 0.843. The molecule has 0 spiro atoms. The minimum atomic E-state index is -0.374. The highest BCUT2D eigenvalue weighted by atomic mass is 35.5. The summed E-state index contributed by atoms with van der Waals surface area (Å²) in [6.45, 7) is 0.360. The van der Waals surface area contributed by atoms with Crippen LogP contribution in [-0.4, -0.2) is 19.8 Å². The van der Waals surface area contributed by atoms with E-state index in [-0.39, 0.29) is 24.5 Å². The van der Waals surface area contributed by atoms with Crippen LogP contribution in [0.3, 0.4) is 0 Å². The second-order valence-electron chi connectivity index (χ2n) is 3.04. The van der Waals surface area contributed by atoms with E-state index in [1.807, 2.05) is 24.3 Å². The Kier molecular flexibility index (Phi) is 3.80. The van der Waals surface area contributed by atoms with Gasteiger partial charge in [0.05, 0.1) is 13.2 Å². The van der Waals surface area contributed by atoms with Crippen molar-refractivity contribution in [3.8, 4) is 5.75 Å². The first kappa shape index (κ1) is 11.7. The van der Waals surface area contributed by atoms with Gasteiger partial charge in [0, 0.05) is 5.56 Å². The van der Waals surface area contributed by atoms with Crippen molar-refractivity contribution in [2.45, 2.75) is 6.04 Å². The monoisotopic (exact) mass is 229 g/mol. The van der Waals surface area contributed by atoms with Crippen molar-refractivity contribution in [3.63, 3.8) is 0 Å². The summed E-state index contributed by atoms with van der Waals surface area (Å²) in [5.74, 6) is 0.767. The first-order valence-electron chi connectivity index (χ1n) is 4.37. The molecule has 0 unspecified atom stereocenters. The fraction of sp³-hybridized carbons (Fsp3) is 0.300. The SMILES string of the molecule is COc1ccccc1[C@@H]1COC(=O)N1.Cl. The van der Waals surface area contributed by atoms with Gasteiger partial charge < -0.3 is 14.8 Å². The molecule has 1 heterocycles. The number of para-hydroxylation sites is 1. The highest BCUT2D eigenvalue weighted by molar-refractivity contribution is 5.85. The largest absolute Gasteiger partial charge is 0.496 e. The maximum absolute atomic E-state index is 10.9. The minimum absolute atomic E-state index is 0. The van der Waals surface area contributed by atoms with E-state index >= 15 is 0 Å². The summed E-state index contributed by atoms with van der Waals surface area (Å²) in [5.41, 5.74) is 0.945. The number of carbonyl (C=O) groups is 1. The molecule has 1 aliphatic rings. The number of hydrogen-bond acceptors (Lipinski definition) is 3. The zero-order valence-electron chi connectivity index (χ0n) is 8.23. The lowest BCUT2D eigenvalue weighted by molar-refractivity contribution is 0.177. The molecule has 0 aliphatic carbocycles. The molecule has 15 heavy (non-hydrogen) atoms.